The molecule has 1 aromatic heterocycles. The van der Waals surface area contributed by atoms with Crippen molar-refractivity contribution in [3.63, 3.8) is 0 Å². The number of hydrogen-bond acceptors (Lipinski definition) is 6. The lowest BCUT2D eigenvalue weighted by Gasteiger charge is -2.17. The van der Waals surface area contributed by atoms with E-state index >= 15 is 0 Å². The van der Waals surface area contributed by atoms with Crippen molar-refractivity contribution in [3.8, 4) is 0 Å². The van der Waals surface area contributed by atoms with Crippen LogP contribution < -0.4 is 0 Å². The minimum atomic E-state index is -0.783. The van der Waals surface area contributed by atoms with Crippen LogP contribution in [0.15, 0.2) is 39.8 Å². The number of aromatic nitrogens is 1. The molecule has 23 heavy (non-hydrogen) atoms. The van der Waals surface area contributed by atoms with Crippen molar-refractivity contribution in [2.75, 3.05) is 13.7 Å². The molecule has 0 fully saturated rings. The Morgan fingerprint density at radius 3 is 2.70 bits per heavy atom. The van der Waals surface area contributed by atoms with Crippen molar-refractivity contribution >= 4 is 5.90 Å². The smallest absolute Gasteiger partial charge is 0.222 e. The van der Waals surface area contributed by atoms with Crippen LogP contribution in [0.2, 0.25) is 0 Å². The van der Waals surface area contributed by atoms with E-state index in [1.807, 2.05) is 30.3 Å². The van der Waals surface area contributed by atoms with Gasteiger partial charge in [-0.1, -0.05) is 35.5 Å². The molecule has 0 saturated heterocycles. The molecule has 6 heteroatoms. The number of aliphatic hydroxyl groups is 1. The Morgan fingerprint density at radius 2 is 2.04 bits per heavy atom. The van der Waals surface area contributed by atoms with Crippen LogP contribution in [0.3, 0.4) is 0 Å². The first-order chi connectivity index (χ1) is 11.1. The van der Waals surface area contributed by atoms with Gasteiger partial charge in [0.2, 0.25) is 5.90 Å². The summed E-state index contributed by atoms with van der Waals surface area (Å²) in [5, 5.41) is 13.8. The molecule has 6 nitrogen and oxygen atoms in total. The summed E-state index contributed by atoms with van der Waals surface area (Å²) in [6, 6.07) is 9.73. The van der Waals surface area contributed by atoms with E-state index in [-0.39, 0.29) is 12.1 Å². The topological polar surface area (TPSA) is 77.1 Å². The SMILES string of the molecule is COC[C@@H]1N=C(c2c(C)noc2[C@H](C)O)O[C@H]1c1ccccc1. The van der Waals surface area contributed by atoms with E-state index in [4.69, 9.17) is 14.0 Å². The lowest BCUT2D eigenvalue weighted by Crippen LogP contribution is -2.19. The van der Waals surface area contributed by atoms with Gasteiger partial charge in [-0.05, 0) is 19.4 Å². The van der Waals surface area contributed by atoms with Gasteiger partial charge in [-0.25, -0.2) is 4.99 Å². The summed E-state index contributed by atoms with van der Waals surface area (Å²) in [7, 11) is 1.64. The fraction of sp³-hybridized carbons (Fsp3) is 0.412. The molecule has 1 aromatic carbocycles. The van der Waals surface area contributed by atoms with Crippen molar-refractivity contribution < 1.29 is 19.1 Å². The second kappa shape index (κ2) is 6.52. The van der Waals surface area contributed by atoms with E-state index < -0.39 is 6.10 Å². The number of rotatable bonds is 5. The Bertz CT molecular complexity index is 694. The highest BCUT2D eigenvalue weighted by molar-refractivity contribution is 5.97. The highest BCUT2D eigenvalue weighted by Crippen LogP contribution is 2.34. The van der Waals surface area contributed by atoms with Gasteiger partial charge in [0.25, 0.3) is 0 Å². The van der Waals surface area contributed by atoms with Crippen LogP contribution in [-0.2, 0) is 9.47 Å². The Balaban J connectivity index is 1.96. The van der Waals surface area contributed by atoms with Crippen molar-refractivity contribution in [3.05, 3.63) is 52.9 Å². The molecular formula is C17H20N2O4. The van der Waals surface area contributed by atoms with Crippen molar-refractivity contribution in [1.29, 1.82) is 0 Å². The van der Waals surface area contributed by atoms with E-state index in [9.17, 15) is 5.11 Å². The first kappa shape index (κ1) is 15.7. The largest absolute Gasteiger partial charge is 0.467 e. The summed E-state index contributed by atoms with van der Waals surface area (Å²) in [6.45, 7) is 3.87. The molecule has 3 atom stereocenters. The molecule has 1 N–H and O–H groups in total. The lowest BCUT2D eigenvalue weighted by molar-refractivity contribution is 0.120. The third-order valence-electron chi connectivity index (χ3n) is 3.82. The van der Waals surface area contributed by atoms with Crippen LogP contribution >= 0.6 is 0 Å². The molecule has 0 bridgehead atoms. The highest BCUT2D eigenvalue weighted by Gasteiger charge is 2.36. The quantitative estimate of drug-likeness (QED) is 0.917. The summed E-state index contributed by atoms with van der Waals surface area (Å²) in [5.74, 6) is 0.807. The second-order valence-corrected chi connectivity index (χ2v) is 5.59. The molecule has 122 valence electrons. The average Bonchev–Trinajstić information content (AvgIpc) is 3.12. The van der Waals surface area contributed by atoms with Crippen molar-refractivity contribution in [2.24, 2.45) is 4.99 Å². The van der Waals surface area contributed by atoms with Gasteiger partial charge in [0, 0.05) is 7.11 Å². The van der Waals surface area contributed by atoms with Crippen LogP contribution in [-0.4, -0.2) is 35.9 Å². The molecule has 2 aromatic rings. The van der Waals surface area contributed by atoms with E-state index in [1.54, 1.807) is 21.0 Å². The summed E-state index contributed by atoms with van der Waals surface area (Å²) >= 11 is 0. The number of methoxy groups -OCH3 is 1. The molecular weight excluding hydrogens is 296 g/mol. The molecule has 0 unspecified atom stereocenters. The normalized spacial score (nSPS) is 21.8. The molecule has 3 rings (SSSR count). The van der Waals surface area contributed by atoms with Gasteiger partial charge in [0.1, 0.15) is 17.7 Å². The number of benzene rings is 1. The number of aliphatic imine (C=N–C) groups is 1. The molecule has 0 amide bonds. The maximum absolute atomic E-state index is 9.86. The average molecular weight is 316 g/mol. The number of nitrogens with zero attached hydrogens (tertiary/aromatic N) is 2. The Labute approximate surface area is 134 Å². The summed E-state index contributed by atoms with van der Waals surface area (Å²) < 4.78 is 16.6. The van der Waals surface area contributed by atoms with Gasteiger partial charge in [0.05, 0.1) is 12.3 Å². The minimum absolute atomic E-state index is 0.159. The van der Waals surface area contributed by atoms with Crippen molar-refractivity contribution in [1.82, 2.24) is 5.16 Å². The van der Waals surface area contributed by atoms with E-state index in [1.165, 1.54) is 0 Å². The maximum Gasteiger partial charge on any atom is 0.222 e. The number of aryl methyl sites for hydroxylation is 1. The standard InChI is InChI=1S/C17H20N2O4/c1-10-14(15(11(2)20)23-19-10)17-18-13(9-21-3)16(22-17)12-7-5-4-6-8-12/h4-8,11,13,16,20H,9H2,1-3H3/t11-,13-,16-/m0/s1. The fourth-order valence-electron chi connectivity index (χ4n) is 2.73. The summed E-state index contributed by atoms with van der Waals surface area (Å²) in [6.07, 6.45) is -1.02. The third-order valence-corrected chi connectivity index (χ3v) is 3.82. The minimum Gasteiger partial charge on any atom is -0.467 e. The molecule has 2 heterocycles. The fourth-order valence-corrected chi connectivity index (χ4v) is 2.73. The number of aliphatic hydroxyl groups excluding tert-OH is 1. The van der Waals surface area contributed by atoms with Crippen LogP contribution in [0, 0.1) is 6.92 Å². The van der Waals surface area contributed by atoms with Crippen LogP contribution in [0.5, 0.6) is 0 Å². The first-order valence-electron chi connectivity index (χ1n) is 7.54. The summed E-state index contributed by atoms with van der Waals surface area (Å²) in [4.78, 5) is 4.64. The van der Waals surface area contributed by atoms with Crippen LogP contribution in [0.1, 0.15) is 41.7 Å². The lowest BCUT2D eigenvalue weighted by atomic mass is 10.0. The zero-order valence-corrected chi connectivity index (χ0v) is 13.4. The highest BCUT2D eigenvalue weighted by atomic mass is 16.5. The maximum atomic E-state index is 9.86. The predicted octanol–water partition coefficient (Wildman–Crippen LogP) is 2.57. The Hall–Kier alpha value is -2.18. The second-order valence-electron chi connectivity index (χ2n) is 5.59. The number of hydrogen-bond donors (Lipinski definition) is 1. The Kier molecular flexibility index (Phi) is 4.45. The van der Waals surface area contributed by atoms with E-state index in [0.717, 1.165) is 5.56 Å². The third kappa shape index (κ3) is 3.00. The molecule has 0 radical (unpaired) electrons. The first-order valence-corrected chi connectivity index (χ1v) is 7.54. The molecule has 1 aliphatic rings. The number of ether oxygens (including phenoxy) is 2. The van der Waals surface area contributed by atoms with Gasteiger partial charge >= 0.3 is 0 Å². The monoisotopic (exact) mass is 316 g/mol. The van der Waals surface area contributed by atoms with Crippen LogP contribution in [0.25, 0.3) is 0 Å². The van der Waals surface area contributed by atoms with E-state index in [0.29, 0.717) is 29.5 Å². The molecule has 0 saturated carbocycles. The zero-order chi connectivity index (χ0) is 16.4. The molecule has 0 aliphatic carbocycles. The summed E-state index contributed by atoms with van der Waals surface area (Å²) in [5.41, 5.74) is 2.30. The molecule has 1 aliphatic heterocycles. The van der Waals surface area contributed by atoms with Gasteiger partial charge in [-0.3, -0.25) is 0 Å². The zero-order valence-electron chi connectivity index (χ0n) is 13.4. The van der Waals surface area contributed by atoms with Gasteiger partial charge in [0.15, 0.2) is 11.9 Å². The van der Waals surface area contributed by atoms with Gasteiger partial charge in [-0.2, -0.15) is 0 Å². The predicted molar refractivity (Wildman–Crippen MR) is 84.3 cm³/mol. The van der Waals surface area contributed by atoms with Gasteiger partial charge < -0.3 is 19.1 Å². The Morgan fingerprint density at radius 1 is 1.30 bits per heavy atom. The molecule has 0 spiro atoms. The van der Waals surface area contributed by atoms with Gasteiger partial charge in [-0.15, -0.1) is 0 Å². The van der Waals surface area contributed by atoms with Crippen molar-refractivity contribution in [2.45, 2.75) is 32.1 Å². The van der Waals surface area contributed by atoms with E-state index in [2.05, 4.69) is 10.1 Å². The van der Waals surface area contributed by atoms with Crippen LogP contribution in [0.4, 0.5) is 0 Å².